The van der Waals surface area contributed by atoms with E-state index in [9.17, 15) is 8.78 Å². The van der Waals surface area contributed by atoms with E-state index in [-0.39, 0.29) is 0 Å². The van der Waals surface area contributed by atoms with Crippen LogP contribution in [0, 0.1) is 11.6 Å². The number of rotatable bonds is 12. The van der Waals surface area contributed by atoms with Crippen LogP contribution in [0.3, 0.4) is 0 Å². The van der Waals surface area contributed by atoms with E-state index in [1.165, 1.54) is 63.9 Å². The first-order chi connectivity index (χ1) is 11.6. The van der Waals surface area contributed by atoms with Crippen LogP contribution < -0.4 is 10.6 Å². The van der Waals surface area contributed by atoms with Crippen LogP contribution in [-0.2, 0) is 0 Å². The summed E-state index contributed by atoms with van der Waals surface area (Å²) in [6.45, 7) is 3.04. The quantitative estimate of drug-likeness (QED) is 0.346. The highest BCUT2D eigenvalue weighted by Crippen LogP contribution is 2.13. The molecule has 1 aromatic carbocycles. The maximum atomic E-state index is 13.1. The molecule has 0 radical (unpaired) electrons. The van der Waals surface area contributed by atoms with Gasteiger partial charge in [0.05, 0.1) is 0 Å². The van der Waals surface area contributed by atoms with Crippen molar-refractivity contribution in [1.29, 1.82) is 0 Å². The van der Waals surface area contributed by atoms with E-state index in [0.29, 0.717) is 10.8 Å². The first kappa shape index (κ1) is 20.8. The molecule has 0 fully saturated rings. The molecule has 0 saturated carbocycles. The van der Waals surface area contributed by atoms with Crippen LogP contribution in [-0.4, -0.2) is 11.7 Å². The van der Waals surface area contributed by atoms with Gasteiger partial charge in [-0.25, -0.2) is 8.78 Å². The van der Waals surface area contributed by atoms with Crippen LogP contribution in [0.5, 0.6) is 0 Å². The summed E-state index contributed by atoms with van der Waals surface area (Å²) in [6, 6.07) is 3.65. The average molecular weight is 357 g/mol. The minimum atomic E-state index is -0.877. The highest BCUT2D eigenvalue weighted by Gasteiger charge is 2.03. The molecule has 2 nitrogen and oxygen atoms in total. The largest absolute Gasteiger partial charge is 0.362 e. The van der Waals surface area contributed by atoms with Crippen LogP contribution in [0.4, 0.5) is 14.5 Å². The molecule has 2 N–H and O–H groups in total. The lowest BCUT2D eigenvalue weighted by Crippen LogP contribution is -2.29. The van der Waals surface area contributed by atoms with Crippen molar-refractivity contribution in [2.75, 3.05) is 11.9 Å². The van der Waals surface area contributed by atoms with Crippen molar-refractivity contribution in [2.24, 2.45) is 0 Å². The lowest BCUT2D eigenvalue weighted by molar-refractivity contribution is 0.509. The van der Waals surface area contributed by atoms with Gasteiger partial charge < -0.3 is 10.6 Å². The smallest absolute Gasteiger partial charge is 0.170 e. The van der Waals surface area contributed by atoms with Gasteiger partial charge >= 0.3 is 0 Å². The molecule has 0 aliphatic carbocycles. The Morgan fingerprint density at radius 1 is 0.875 bits per heavy atom. The Hall–Kier alpha value is -1.23. The normalized spacial score (nSPS) is 10.6. The van der Waals surface area contributed by atoms with Gasteiger partial charge in [-0.05, 0) is 30.8 Å². The Balaban J connectivity index is 1.97. The van der Waals surface area contributed by atoms with Crippen molar-refractivity contribution >= 4 is 23.0 Å². The number of benzene rings is 1. The van der Waals surface area contributed by atoms with Gasteiger partial charge in [-0.1, -0.05) is 64.7 Å². The Morgan fingerprint density at radius 2 is 1.46 bits per heavy atom. The molecule has 0 atom stereocenters. The highest BCUT2D eigenvalue weighted by atomic mass is 32.1. The molecule has 24 heavy (non-hydrogen) atoms. The fourth-order valence-electron chi connectivity index (χ4n) is 2.56. The number of halogens is 2. The number of nitrogens with one attached hydrogen (secondary N) is 2. The van der Waals surface area contributed by atoms with E-state index >= 15 is 0 Å². The van der Waals surface area contributed by atoms with Crippen LogP contribution in [0.15, 0.2) is 18.2 Å². The second-order valence-corrected chi connectivity index (χ2v) is 6.60. The third kappa shape index (κ3) is 9.81. The minimum Gasteiger partial charge on any atom is -0.362 e. The molecular formula is C19H30F2N2S. The molecule has 0 saturated heterocycles. The van der Waals surface area contributed by atoms with Gasteiger partial charge in [-0.2, -0.15) is 0 Å². The standard InChI is InChI=1S/C19H30F2N2S/c1-2-3-4-5-6-7-8-9-10-11-14-22-19(24)23-16-12-13-17(20)18(21)15-16/h12-13,15H,2-11,14H2,1H3,(H2,22,23,24). The van der Waals surface area contributed by atoms with Crippen molar-refractivity contribution in [3.8, 4) is 0 Å². The minimum absolute atomic E-state index is 0.442. The van der Waals surface area contributed by atoms with E-state index in [0.717, 1.165) is 25.1 Å². The molecule has 0 aliphatic rings. The molecule has 1 rings (SSSR count). The van der Waals surface area contributed by atoms with Gasteiger partial charge in [-0.3, -0.25) is 0 Å². The molecule has 0 heterocycles. The summed E-state index contributed by atoms with van der Waals surface area (Å²) >= 11 is 5.14. The SMILES string of the molecule is CCCCCCCCCCCCNC(=S)Nc1ccc(F)c(F)c1. The Labute approximate surface area is 150 Å². The van der Waals surface area contributed by atoms with Crippen LogP contribution in [0.1, 0.15) is 71.1 Å². The molecule has 0 aliphatic heterocycles. The Bertz CT molecular complexity index is 480. The predicted molar refractivity (Wildman–Crippen MR) is 102 cm³/mol. The van der Waals surface area contributed by atoms with E-state index in [4.69, 9.17) is 12.2 Å². The van der Waals surface area contributed by atoms with Crippen LogP contribution >= 0.6 is 12.2 Å². The average Bonchev–Trinajstić information content (AvgIpc) is 2.56. The molecule has 0 spiro atoms. The zero-order valence-electron chi connectivity index (χ0n) is 14.7. The summed E-state index contributed by atoms with van der Waals surface area (Å²) in [5.74, 6) is -1.73. The van der Waals surface area contributed by atoms with Crippen molar-refractivity contribution in [2.45, 2.75) is 71.1 Å². The van der Waals surface area contributed by atoms with E-state index < -0.39 is 11.6 Å². The van der Waals surface area contributed by atoms with Crippen molar-refractivity contribution in [3.05, 3.63) is 29.8 Å². The third-order valence-corrected chi connectivity index (χ3v) is 4.24. The van der Waals surface area contributed by atoms with Crippen molar-refractivity contribution < 1.29 is 8.78 Å². The maximum Gasteiger partial charge on any atom is 0.170 e. The van der Waals surface area contributed by atoms with Crippen molar-refractivity contribution in [1.82, 2.24) is 5.32 Å². The first-order valence-electron chi connectivity index (χ1n) is 9.13. The van der Waals surface area contributed by atoms with Crippen LogP contribution in [0.2, 0.25) is 0 Å². The summed E-state index contributed by atoms with van der Waals surface area (Å²) in [6.07, 6.45) is 13.0. The molecular weight excluding hydrogens is 326 g/mol. The fourth-order valence-corrected chi connectivity index (χ4v) is 2.78. The molecule has 1 aromatic rings. The van der Waals surface area contributed by atoms with Crippen molar-refractivity contribution in [3.63, 3.8) is 0 Å². The second kappa shape index (κ2) is 13.1. The number of thiocarbonyl (C=S) groups is 1. The summed E-state index contributed by atoms with van der Waals surface area (Å²) in [4.78, 5) is 0. The summed E-state index contributed by atoms with van der Waals surface area (Å²) in [5.41, 5.74) is 0.453. The number of hydrogen-bond donors (Lipinski definition) is 2. The van der Waals surface area contributed by atoms with E-state index in [2.05, 4.69) is 17.6 Å². The second-order valence-electron chi connectivity index (χ2n) is 6.19. The molecule has 0 amide bonds. The maximum absolute atomic E-state index is 13.1. The van der Waals surface area contributed by atoms with Gasteiger partial charge in [0, 0.05) is 18.3 Å². The van der Waals surface area contributed by atoms with Gasteiger partial charge in [0.25, 0.3) is 0 Å². The molecule has 0 bridgehead atoms. The lowest BCUT2D eigenvalue weighted by atomic mass is 10.1. The molecule has 136 valence electrons. The number of unbranched alkanes of at least 4 members (excludes halogenated alkanes) is 9. The highest BCUT2D eigenvalue weighted by molar-refractivity contribution is 7.80. The molecule has 0 unspecified atom stereocenters. The van der Waals surface area contributed by atoms with E-state index in [1.54, 1.807) is 0 Å². The third-order valence-electron chi connectivity index (χ3n) is 3.99. The molecule has 5 heteroatoms. The van der Waals surface area contributed by atoms with Crippen LogP contribution in [0.25, 0.3) is 0 Å². The fraction of sp³-hybridized carbons (Fsp3) is 0.632. The monoisotopic (exact) mass is 356 g/mol. The van der Waals surface area contributed by atoms with Gasteiger partial charge in [-0.15, -0.1) is 0 Å². The molecule has 0 aromatic heterocycles. The van der Waals surface area contributed by atoms with E-state index in [1.807, 2.05) is 0 Å². The Morgan fingerprint density at radius 3 is 2.04 bits per heavy atom. The summed E-state index contributed by atoms with van der Waals surface area (Å²) in [5, 5.41) is 6.40. The zero-order chi connectivity index (χ0) is 17.6. The predicted octanol–water partition coefficient (Wildman–Crippen LogP) is 6.17. The lowest BCUT2D eigenvalue weighted by Gasteiger charge is -2.10. The number of anilines is 1. The van der Waals surface area contributed by atoms with Gasteiger partial charge in [0.2, 0.25) is 0 Å². The first-order valence-corrected chi connectivity index (χ1v) is 9.54. The summed E-state index contributed by atoms with van der Waals surface area (Å²) < 4.78 is 25.9. The van der Waals surface area contributed by atoms with Gasteiger partial charge in [0.15, 0.2) is 16.7 Å². The zero-order valence-corrected chi connectivity index (χ0v) is 15.5. The Kier molecular flexibility index (Phi) is 11.4. The van der Waals surface area contributed by atoms with Gasteiger partial charge in [0.1, 0.15) is 0 Å². The number of hydrogen-bond acceptors (Lipinski definition) is 1. The topological polar surface area (TPSA) is 24.1 Å². The summed E-state index contributed by atoms with van der Waals surface area (Å²) in [7, 11) is 0.